The molecule has 180 valence electrons. The van der Waals surface area contributed by atoms with Crippen LogP contribution < -0.4 is 10.5 Å². The molecule has 1 saturated heterocycles. The van der Waals surface area contributed by atoms with Gasteiger partial charge in [0.15, 0.2) is 11.6 Å². The topological polar surface area (TPSA) is 144 Å². The minimum atomic E-state index is -1.11. The molecule has 1 heterocycles. The van der Waals surface area contributed by atoms with Crippen molar-refractivity contribution in [2.45, 2.75) is 25.7 Å². The minimum Gasteiger partial charge on any atom is -0.491 e. The zero-order chi connectivity index (χ0) is 25.0. The van der Waals surface area contributed by atoms with E-state index in [1.54, 1.807) is 31.2 Å². The zero-order valence-electron chi connectivity index (χ0n) is 19.0. The molecule has 9 heteroatoms. The number of rotatable bonds is 4. The highest BCUT2D eigenvalue weighted by Crippen LogP contribution is 2.55. The SMILES string of the molecule is CC1=CC(=O)C2=C(C1=O)[C@@H](c1ccc(OCCO)cc1)C1=CC[C@@H]3C(=O)N(C(N)=O)C(=O)[C@@H]3[C@@H]1C2. The van der Waals surface area contributed by atoms with Crippen molar-refractivity contribution in [3.05, 3.63) is 64.3 Å². The number of likely N-dealkylation sites (tertiary alicyclic amines) is 1. The van der Waals surface area contributed by atoms with Crippen LogP contribution in [-0.4, -0.2) is 52.6 Å². The van der Waals surface area contributed by atoms with Crippen LogP contribution in [0.2, 0.25) is 0 Å². The van der Waals surface area contributed by atoms with Crippen molar-refractivity contribution in [3.8, 4) is 5.75 Å². The molecule has 9 nitrogen and oxygen atoms in total. The van der Waals surface area contributed by atoms with Crippen molar-refractivity contribution < 1.29 is 33.8 Å². The zero-order valence-corrected chi connectivity index (χ0v) is 19.0. The summed E-state index contributed by atoms with van der Waals surface area (Å²) in [7, 11) is 0. The maximum atomic E-state index is 13.3. The number of aliphatic hydroxyl groups is 1. The van der Waals surface area contributed by atoms with Crippen molar-refractivity contribution >= 4 is 29.4 Å². The van der Waals surface area contributed by atoms with Gasteiger partial charge in [0.2, 0.25) is 11.8 Å². The van der Waals surface area contributed by atoms with E-state index in [0.717, 1.165) is 11.1 Å². The molecule has 0 radical (unpaired) electrons. The van der Waals surface area contributed by atoms with Gasteiger partial charge in [-0.2, -0.15) is 4.90 Å². The van der Waals surface area contributed by atoms with Gasteiger partial charge in [-0.25, -0.2) is 4.79 Å². The number of benzene rings is 1. The summed E-state index contributed by atoms with van der Waals surface area (Å²) >= 11 is 0. The number of primary amides is 1. The van der Waals surface area contributed by atoms with Crippen LogP contribution in [0.3, 0.4) is 0 Å². The Labute approximate surface area is 200 Å². The molecule has 35 heavy (non-hydrogen) atoms. The van der Waals surface area contributed by atoms with Gasteiger partial charge in [0.25, 0.3) is 0 Å². The summed E-state index contributed by atoms with van der Waals surface area (Å²) < 4.78 is 5.44. The smallest absolute Gasteiger partial charge is 0.328 e. The Morgan fingerprint density at radius 2 is 1.83 bits per heavy atom. The summed E-state index contributed by atoms with van der Waals surface area (Å²) in [5, 5.41) is 8.99. The van der Waals surface area contributed by atoms with Gasteiger partial charge >= 0.3 is 6.03 Å². The Morgan fingerprint density at radius 1 is 1.11 bits per heavy atom. The second-order valence-corrected chi connectivity index (χ2v) is 9.22. The Morgan fingerprint density at radius 3 is 2.49 bits per heavy atom. The molecule has 0 saturated carbocycles. The number of Topliss-reactive ketones (excluding diaryl/α,β-unsaturated/α-hetero) is 1. The number of hydrogen-bond acceptors (Lipinski definition) is 7. The number of nitrogens with two attached hydrogens (primary N) is 1. The number of amides is 4. The van der Waals surface area contributed by atoms with Crippen molar-refractivity contribution in [2.24, 2.45) is 23.5 Å². The third-order valence-corrected chi connectivity index (χ3v) is 7.36. The average molecular weight is 476 g/mol. The third kappa shape index (κ3) is 3.46. The van der Waals surface area contributed by atoms with Crippen LogP contribution in [0.5, 0.6) is 5.75 Å². The monoisotopic (exact) mass is 476 g/mol. The fourth-order valence-electron chi connectivity index (χ4n) is 5.88. The second kappa shape index (κ2) is 8.42. The van der Waals surface area contributed by atoms with E-state index in [1.807, 2.05) is 6.08 Å². The highest BCUT2D eigenvalue weighted by molar-refractivity contribution is 6.24. The molecule has 5 rings (SSSR count). The largest absolute Gasteiger partial charge is 0.491 e. The molecule has 0 spiro atoms. The number of carbonyl (C=O) groups is 5. The molecule has 0 bridgehead atoms. The summed E-state index contributed by atoms with van der Waals surface area (Å²) in [4.78, 5) is 64.6. The Kier molecular flexibility index (Phi) is 5.52. The molecule has 3 aliphatic carbocycles. The van der Waals surface area contributed by atoms with E-state index in [1.165, 1.54) is 6.08 Å². The first-order chi connectivity index (χ1) is 16.7. The van der Waals surface area contributed by atoms with E-state index < -0.39 is 41.5 Å². The van der Waals surface area contributed by atoms with E-state index in [0.29, 0.717) is 27.4 Å². The molecule has 4 aliphatic rings. The van der Waals surface area contributed by atoms with Gasteiger partial charge in [-0.15, -0.1) is 0 Å². The van der Waals surface area contributed by atoms with Crippen LogP contribution in [0, 0.1) is 17.8 Å². The highest BCUT2D eigenvalue weighted by atomic mass is 16.5. The van der Waals surface area contributed by atoms with Crippen LogP contribution in [0.1, 0.15) is 31.2 Å². The summed E-state index contributed by atoms with van der Waals surface area (Å²) in [5.41, 5.74) is 7.92. The van der Waals surface area contributed by atoms with Gasteiger partial charge in [0, 0.05) is 22.6 Å². The van der Waals surface area contributed by atoms with E-state index in [-0.39, 0.29) is 37.6 Å². The number of urea groups is 1. The van der Waals surface area contributed by atoms with Gasteiger partial charge in [0.1, 0.15) is 12.4 Å². The minimum absolute atomic E-state index is 0.130. The molecule has 0 aromatic heterocycles. The molecule has 4 amide bonds. The molecule has 3 N–H and O–H groups in total. The van der Waals surface area contributed by atoms with Crippen molar-refractivity contribution in [2.75, 3.05) is 13.2 Å². The summed E-state index contributed by atoms with van der Waals surface area (Å²) in [5.74, 6) is -3.89. The average Bonchev–Trinajstić information content (AvgIpc) is 3.10. The van der Waals surface area contributed by atoms with Crippen LogP contribution >= 0.6 is 0 Å². The van der Waals surface area contributed by atoms with E-state index in [9.17, 15) is 24.0 Å². The predicted octanol–water partition coefficient (Wildman–Crippen LogP) is 1.57. The van der Waals surface area contributed by atoms with Crippen LogP contribution in [-0.2, 0) is 19.2 Å². The number of aliphatic hydroxyl groups excluding tert-OH is 1. The fourth-order valence-corrected chi connectivity index (χ4v) is 5.88. The standard InChI is InChI=1S/C26H24N2O7/c1-12-10-19(30)18-11-17-15(6-7-16-21(17)25(33)28(24(16)32)26(27)34)20(22(18)23(12)31)13-2-4-14(5-3-13)35-9-8-29/h2-6,10,16-17,20-21,29H,7-9,11H2,1H3,(H2,27,34)/t16-,17+,20-,21-/m0/s1. The van der Waals surface area contributed by atoms with Crippen LogP contribution in [0.4, 0.5) is 4.79 Å². The number of allylic oxidation sites excluding steroid dienone is 6. The molecule has 4 atom stereocenters. The number of nitrogens with zero attached hydrogens (tertiary/aromatic N) is 1. The van der Waals surface area contributed by atoms with Gasteiger partial charge in [0.05, 0.1) is 18.4 Å². The maximum absolute atomic E-state index is 13.3. The molecule has 1 fully saturated rings. The number of ether oxygens (including phenoxy) is 1. The lowest BCUT2D eigenvalue weighted by molar-refractivity contribution is -0.136. The lowest BCUT2D eigenvalue weighted by atomic mass is 9.59. The van der Waals surface area contributed by atoms with Gasteiger partial charge in [-0.3, -0.25) is 19.2 Å². The van der Waals surface area contributed by atoms with E-state index in [2.05, 4.69) is 0 Å². The summed E-state index contributed by atoms with van der Waals surface area (Å²) in [6.45, 7) is 1.61. The lowest BCUT2D eigenvalue weighted by Crippen LogP contribution is -2.42. The van der Waals surface area contributed by atoms with E-state index >= 15 is 0 Å². The van der Waals surface area contributed by atoms with Gasteiger partial charge in [-0.05, 0) is 49.5 Å². The summed E-state index contributed by atoms with van der Waals surface area (Å²) in [6.07, 6.45) is 3.56. The number of hydrogen-bond donors (Lipinski definition) is 2. The molecule has 1 aromatic rings. The highest BCUT2D eigenvalue weighted by Gasteiger charge is 2.57. The molecule has 1 aliphatic heterocycles. The number of fused-ring (bicyclic) bond motifs is 3. The normalized spacial score (nSPS) is 27.8. The molecule has 1 aromatic carbocycles. The third-order valence-electron chi connectivity index (χ3n) is 7.36. The molecule has 0 unspecified atom stereocenters. The first-order valence-corrected chi connectivity index (χ1v) is 11.5. The predicted molar refractivity (Wildman–Crippen MR) is 122 cm³/mol. The number of ketones is 2. The van der Waals surface area contributed by atoms with Crippen LogP contribution in [0.25, 0.3) is 0 Å². The fraction of sp³-hybridized carbons (Fsp3) is 0.346. The van der Waals surface area contributed by atoms with Gasteiger partial charge < -0.3 is 15.6 Å². The number of imide groups is 3. The lowest BCUT2D eigenvalue weighted by Gasteiger charge is -2.42. The first-order valence-electron chi connectivity index (χ1n) is 11.5. The summed E-state index contributed by atoms with van der Waals surface area (Å²) in [6, 6.07) is 5.92. The number of carbonyl (C=O) groups excluding carboxylic acids is 5. The molecular formula is C26H24N2O7. The van der Waals surface area contributed by atoms with Crippen molar-refractivity contribution in [1.29, 1.82) is 0 Å². The Bertz CT molecular complexity index is 1270. The quantitative estimate of drug-likeness (QED) is 0.381. The Balaban J connectivity index is 1.63. The van der Waals surface area contributed by atoms with Crippen molar-refractivity contribution in [1.82, 2.24) is 4.90 Å². The molecular weight excluding hydrogens is 452 g/mol. The van der Waals surface area contributed by atoms with E-state index in [4.69, 9.17) is 15.6 Å². The first kappa shape index (κ1) is 22.9. The van der Waals surface area contributed by atoms with Crippen LogP contribution in [0.15, 0.2) is 58.7 Å². The van der Waals surface area contributed by atoms with Crippen molar-refractivity contribution in [3.63, 3.8) is 0 Å². The Hall–Kier alpha value is -3.85. The second-order valence-electron chi connectivity index (χ2n) is 9.22. The van der Waals surface area contributed by atoms with Gasteiger partial charge in [-0.1, -0.05) is 23.8 Å². The maximum Gasteiger partial charge on any atom is 0.328 e.